The van der Waals surface area contributed by atoms with E-state index in [1.807, 2.05) is 18.2 Å². The van der Waals surface area contributed by atoms with E-state index in [1.165, 1.54) is 24.8 Å². The van der Waals surface area contributed by atoms with Crippen LogP contribution in [-0.4, -0.2) is 38.8 Å². The summed E-state index contributed by atoms with van der Waals surface area (Å²) in [5.41, 5.74) is 1.17. The Balaban J connectivity index is 1.58. The van der Waals surface area contributed by atoms with E-state index in [2.05, 4.69) is 15.6 Å². The van der Waals surface area contributed by atoms with Crippen molar-refractivity contribution >= 4 is 5.96 Å². The lowest BCUT2D eigenvalue weighted by molar-refractivity contribution is 0.393. The maximum atomic E-state index is 5.29. The molecule has 5 heteroatoms. The Morgan fingerprint density at radius 2 is 1.67 bits per heavy atom. The van der Waals surface area contributed by atoms with Gasteiger partial charge in [0.15, 0.2) is 5.96 Å². The molecular formula is C16H23N3O2. The van der Waals surface area contributed by atoms with Gasteiger partial charge in [-0.3, -0.25) is 4.99 Å². The van der Waals surface area contributed by atoms with Crippen LogP contribution in [0.5, 0.6) is 11.5 Å². The SMILES string of the molecule is COc1cc(CCN=C2NC3CCCC3N2)cc(OC)c1. The number of hydrogen-bond acceptors (Lipinski definition) is 3. The van der Waals surface area contributed by atoms with Crippen LogP contribution in [-0.2, 0) is 6.42 Å². The van der Waals surface area contributed by atoms with Gasteiger partial charge in [-0.25, -0.2) is 0 Å². The van der Waals surface area contributed by atoms with Crippen molar-refractivity contribution in [3.05, 3.63) is 23.8 Å². The van der Waals surface area contributed by atoms with Crippen molar-refractivity contribution in [2.24, 2.45) is 4.99 Å². The lowest BCUT2D eigenvalue weighted by Gasteiger charge is -2.08. The van der Waals surface area contributed by atoms with E-state index in [0.717, 1.165) is 30.4 Å². The van der Waals surface area contributed by atoms with Crippen LogP contribution in [0.25, 0.3) is 0 Å². The summed E-state index contributed by atoms with van der Waals surface area (Å²) in [6.07, 6.45) is 4.69. The van der Waals surface area contributed by atoms with Gasteiger partial charge in [0, 0.05) is 24.7 Å². The lowest BCUT2D eigenvalue weighted by Crippen LogP contribution is -2.28. The van der Waals surface area contributed by atoms with Gasteiger partial charge < -0.3 is 20.1 Å². The molecule has 0 spiro atoms. The highest BCUT2D eigenvalue weighted by Crippen LogP contribution is 2.23. The summed E-state index contributed by atoms with van der Waals surface area (Å²) in [4.78, 5) is 4.62. The van der Waals surface area contributed by atoms with Crippen molar-refractivity contribution in [1.82, 2.24) is 10.6 Å². The van der Waals surface area contributed by atoms with E-state index in [1.54, 1.807) is 14.2 Å². The average Bonchev–Trinajstić information content (AvgIpc) is 3.08. The molecule has 1 heterocycles. The van der Waals surface area contributed by atoms with Gasteiger partial charge in [0.05, 0.1) is 14.2 Å². The highest BCUT2D eigenvalue weighted by Gasteiger charge is 2.33. The minimum Gasteiger partial charge on any atom is -0.497 e. The van der Waals surface area contributed by atoms with E-state index in [-0.39, 0.29) is 0 Å². The Morgan fingerprint density at radius 1 is 1.05 bits per heavy atom. The van der Waals surface area contributed by atoms with Crippen LogP contribution in [0.15, 0.2) is 23.2 Å². The van der Waals surface area contributed by atoms with Crippen molar-refractivity contribution in [3.8, 4) is 11.5 Å². The third kappa shape index (κ3) is 3.23. The maximum absolute atomic E-state index is 5.29. The molecule has 2 atom stereocenters. The summed E-state index contributed by atoms with van der Waals surface area (Å²) in [5.74, 6) is 2.60. The van der Waals surface area contributed by atoms with Crippen molar-refractivity contribution in [3.63, 3.8) is 0 Å². The van der Waals surface area contributed by atoms with Gasteiger partial charge in [0.1, 0.15) is 11.5 Å². The van der Waals surface area contributed by atoms with E-state index in [9.17, 15) is 0 Å². The first-order chi connectivity index (χ1) is 10.3. The fourth-order valence-electron chi connectivity index (χ4n) is 3.10. The van der Waals surface area contributed by atoms with E-state index < -0.39 is 0 Å². The zero-order chi connectivity index (χ0) is 14.7. The molecule has 114 valence electrons. The van der Waals surface area contributed by atoms with Gasteiger partial charge in [0.2, 0.25) is 0 Å². The summed E-state index contributed by atoms with van der Waals surface area (Å²) in [7, 11) is 3.34. The van der Waals surface area contributed by atoms with Crippen molar-refractivity contribution < 1.29 is 9.47 Å². The zero-order valence-electron chi connectivity index (χ0n) is 12.7. The maximum Gasteiger partial charge on any atom is 0.191 e. The number of benzene rings is 1. The number of fused-ring (bicyclic) bond motifs is 1. The summed E-state index contributed by atoms with van der Waals surface area (Å²) >= 11 is 0. The number of methoxy groups -OCH3 is 2. The molecule has 0 bridgehead atoms. The number of guanidine groups is 1. The van der Waals surface area contributed by atoms with Gasteiger partial charge in [-0.15, -0.1) is 0 Å². The first kappa shape index (κ1) is 14.0. The number of nitrogens with zero attached hydrogens (tertiary/aromatic N) is 1. The summed E-state index contributed by atoms with van der Waals surface area (Å²) in [6.45, 7) is 0.755. The molecule has 2 aliphatic rings. The highest BCUT2D eigenvalue weighted by molar-refractivity contribution is 5.83. The van der Waals surface area contributed by atoms with Crippen LogP contribution in [0.1, 0.15) is 24.8 Å². The number of aliphatic imine (C=N–C) groups is 1. The molecule has 0 radical (unpaired) electrons. The monoisotopic (exact) mass is 289 g/mol. The molecule has 3 rings (SSSR count). The van der Waals surface area contributed by atoms with Crippen molar-refractivity contribution in [1.29, 1.82) is 0 Å². The van der Waals surface area contributed by atoms with Gasteiger partial charge in [0.25, 0.3) is 0 Å². The second kappa shape index (κ2) is 6.24. The third-order valence-corrected chi connectivity index (χ3v) is 4.24. The molecule has 1 aliphatic heterocycles. The first-order valence-corrected chi connectivity index (χ1v) is 7.58. The second-order valence-electron chi connectivity index (χ2n) is 5.63. The molecule has 1 aromatic carbocycles. The summed E-state index contributed by atoms with van der Waals surface area (Å²) < 4.78 is 10.6. The van der Waals surface area contributed by atoms with Crippen molar-refractivity contribution in [2.75, 3.05) is 20.8 Å². The molecule has 2 N–H and O–H groups in total. The largest absolute Gasteiger partial charge is 0.497 e. The lowest BCUT2D eigenvalue weighted by atomic mass is 10.1. The highest BCUT2D eigenvalue weighted by atomic mass is 16.5. The molecule has 0 amide bonds. The Kier molecular flexibility index (Phi) is 4.18. The Morgan fingerprint density at radius 3 is 2.24 bits per heavy atom. The van der Waals surface area contributed by atoms with Gasteiger partial charge >= 0.3 is 0 Å². The van der Waals surface area contributed by atoms with Crippen LogP contribution in [0.3, 0.4) is 0 Å². The Labute approximate surface area is 125 Å². The van der Waals surface area contributed by atoms with Crippen molar-refractivity contribution in [2.45, 2.75) is 37.8 Å². The minimum absolute atomic E-state index is 0.584. The molecule has 2 unspecified atom stereocenters. The van der Waals surface area contributed by atoms with Crippen LogP contribution < -0.4 is 20.1 Å². The van der Waals surface area contributed by atoms with Crippen LogP contribution in [0.4, 0.5) is 0 Å². The zero-order valence-corrected chi connectivity index (χ0v) is 12.7. The standard InChI is InChI=1S/C16H23N3O2/c1-20-12-8-11(9-13(10-12)21-2)6-7-17-16-18-14-4-3-5-15(14)19-16/h8-10,14-15H,3-7H2,1-2H3,(H2,17,18,19). The molecule has 21 heavy (non-hydrogen) atoms. The van der Waals surface area contributed by atoms with Gasteiger partial charge in [-0.1, -0.05) is 0 Å². The molecule has 2 fully saturated rings. The smallest absolute Gasteiger partial charge is 0.191 e. The third-order valence-electron chi connectivity index (χ3n) is 4.24. The van der Waals surface area contributed by atoms with E-state index >= 15 is 0 Å². The van der Waals surface area contributed by atoms with E-state index in [4.69, 9.17) is 9.47 Å². The molecule has 1 saturated carbocycles. The fourth-order valence-corrected chi connectivity index (χ4v) is 3.10. The molecule has 1 aromatic rings. The normalized spacial score (nSPS) is 23.2. The predicted molar refractivity (Wildman–Crippen MR) is 83.3 cm³/mol. The Hall–Kier alpha value is -1.91. The molecule has 5 nitrogen and oxygen atoms in total. The van der Waals surface area contributed by atoms with Crippen LogP contribution in [0, 0.1) is 0 Å². The number of hydrogen-bond donors (Lipinski definition) is 2. The molecule has 1 aliphatic carbocycles. The quantitative estimate of drug-likeness (QED) is 0.866. The number of ether oxygens (including phenoxy) is 2. The second-order valence-corrected chi connectivity index (χ2v) is 5.63. The summed E-state index contributed by atoms with van der Waals surface area (Å²) in [6, 6.07) is 7.12. The number of rotatable bonds is 5. The number of nitrogens with one attached hydrogen (secondary N) is 2. The fraction of sp³-hybridized carbons (Fsp3) is 0.562. The summed E-state index contributed by atoms with van der Waals surface area (Å²) in [5, 5.41) is 6.95. The molecule has 1 saturated heterocycles. The predicted octanol–water partition coefficient (Wildman–Crippen LogP) is 1.72. The molecular weight excluding hydrogens is 266 g/mol. The van der Waals surface area contributed by atoms with Gasteiger partial charge in [-0.2, -0.15) is 0 Å². The van der Waals surface area contributed by atoms with Crippen LogP contribution >= 0.6 is 0 Å². The van der Waals surface area contributed by atoms with Gasteiger partial charge in [-0.05, 0) is 43.4 Å². The van der Waals surface area contributed by atoms with E-state index in [0.29, 0.717) is 12.1 Å². The topological polar surface area (TPSA) is 54.9 Å². The minimum atomic E-state index is 0.584. The average molecular weight is 289 g/mol. The Bertz CT molecular complexity index is 494. The molecule has 0 aromatic heterocycles. The first-order valence-electron chi connectivity index (χ1n) is 7.58. The van der Waals surface area contributed by atoms with Crippen LogP contribution in [0.2, 0.25) is 0 Å².